The van der Waals surface area contributed by atoms with Gasteiger partial charge in [0, 0.05) is 31.5 Å². The van der Waals surface area contributed by atoms with Gasteiger partial charge in [-0.1, -0.05) is 0 Å². The third kappa shape index (κ3) is 1.70. The van der Waals surface area contributed by atoms with Gasteiger partial charge in [0.25, 0.3) is 0 Å². The Labute approximate surface area is 98.9 Å². The van der Waals surface area contributed by atoms with Crippen molar-refractivity contribution >= 4 is 23.9 Å². The lowest BCUT2D eigenvalue weighted by atomic mass is 10.3. The molecule has 0 radical (unpaired) electrons. The van der Waals surface area contributed by atoms with Crippen LogP contribution in [-0.2, 0) is 0 Å². The van der Waals surface area contributed by atoms with Crippen LogP contribution in [0.4, 0.5) is 5.82 Å². The van der Waals surface area contributed by atoms with E-state index in [0.29, 0.717) is 0 Å². The number of nitrogens with zero attached hydrogens (tertiary/aromatic N) is 5. The monoisotopic (exact) mass is 240 g/mol. The van der Waals surface area contributed by atoms with E-state index in [9.17, 15) is 0 Å². The number of aromatic nitrogens is 4. The van der Waals surface area contributed by atoms with Crippen molar-refractivity contribution in [1.82, 2.24) is 19.6 Å². The van der Waals surface area contributed by atoms with Gasteiger partial charge in [-0.3, -0.25) is 4.40 Å². The van der Waals surface area contributed by atoms with Gasteiger partial charge in [0.15, 0.2) is 5.82 Å². The molecule has 0 bridgehead atoms. The van der Waals surface area contributed by atoms with E-state index < -0.39 is 0 Å². The molecule has 6 nitrogen and oxygen atoms in total. The number of rotatable bonds is 1. The first-order chi connectivity index (χ1) is 7.34. The first-order valence-electron chi connectivity index (χ1n) is 4.99. The highest BCUT2D eigenvalue weighted by Crippen LogP contribution is 2.20. The van der Waals surface area contributed by atoms with Gasteiger partial charge in [0.1, 0.15) is 6.33 Å². The highest BCUT2D eigenvalue weighted by atomic mass is 35.5. The van der Waals surface area contributed by atoms with Gasteiger partial charge in [0.05, 0.1) is 0 Å². The van der Waals surface area contributed by atoms with Crippen molar-refractivity contribution in [3.8, 4) is 0 Å². The van der Waals surface area contributed by atoms with Crippen molar-refractivity contribution in [3.05, 3.63) is 18.7 Å². The van der Waals surface area contributed by atoms with Crippen LogP contribution in [-0.4, -0.2) is 38.7 Å². The molecule has 0 spiro atoms. The minimum Gasteiger partial charge on any atom is -0.352 e. The van der Waals surface area contributed by atoms with Crippen LogP contribution in [0.5, 0.6) is 0 Å². The number of fused-ring (bicyclic) bond motifs is 1. The van der Waals surface area contributed by atoms with Crippen LogP contribution in [0.2, 0.25) is 0 Å². The zero-order chi connectivity index (χ0) is 10.3. The summed E-state index contributed by atoms with van der Waals surface area (Å²) in [4.78, 5) is 6.50. The lowest BCUT2D eigenvalue weighted by Gasteiger charge is -2.16. The molecule has 2 aromatic heterocycles. The van der Waals surface area contributed by atoms with E-state index in [4.69, 9.17) is 5.73 Å². The first-order valence-corrected chi connectivity index (χ1v) is 4.99. The minimum absolute atomic E-state index is 0. The molecule has 3 rings (SSSR count). The van der Waals surface area contributed by atoms with Gasteiger partial charge in [0.2, 0.25) is 5.65 Å². The van der Waals surface area contributed by atoms with Crippen molar-refractivity contribution in [2.24, 2.45) is 5.73 Å². The first kappa shape index (κ1) is 11.1. The molecule has 1 aliphatic heterocycles. The third-order valence-electron chi connectivity index (χ3n) is 2.72. The fourth-order valence-corrected chi connectivity index (χ4v) is 1.95. The van der Waals surface area contributed by atoms with E-state index in [-0.39, 0.29) is 18.4 Å². The number of anilines is 1. The second-order valence-electron chi connectivity index (χ2n) is 3.81. The largest absolute Gasteiger partial charge is 0.352 e. The molecule has 0 aromatic carbocycles. The molecule has 0 saturated carbocycles. The van der Waals surface area contributed by atoms with Crippen molar-refractivity contribution in [2.75, 3.05) is 18.0 Å². The Morgan fingerprint density at radius 3 is 3.06 bits per heavy atom. The van der Waals surface area contributed by atoms with Crippen LogP contribution in [0.15, 0.2) is 18.7 Å². The average molecular weight is 241 g/mol. The maximum absolute atomic E-state index is 5.87. The molecule has 2 aromatic rings. The summed E-state index contributed by atoms with van der Waals surface area (Å²) in [6, 6.07) is 0.245. The second kappa shape index (κ2) is 4.23. The summed E-state index contributed by atoms with van der Waals surface area (Å²) in [6.45, 7) is 1.79. The molecule has 1 saturated heterocycles. The fourth-order valence-electron chi connectivity index (χ4n) is 1.95. The zero-order valence-corrected chi connectivity index (χ0v) is 9.47. The number of halogens is 1. The maximum atomic E-state index is 5.87. The molecule has 86 valence electrons. The smallest absolute Gasteiger partial charge is 0.203 e. The van der Waals surface area contributed by atoms with E-state index in [0.717, 1.165) is 31.0 Å². The van der Waals surface area contributed by atoms with Gasteiger partial charge in [-0.25, -0.2) is 4.98 Å². The molecule has 7 heteroatoms. The third-order valence-corrected chi connectivity index (χ3v) is 2.72. The van der Waals surface area contributed by atoms with Crippen LogP contribution in [0, 0.1) is 0 Å². The van der Waals surface area contributed by atoms with Crippen molar-refractivity contribution < 1.29 is 0 Å². The summed E-state index contributed by atoms with van der Waals surface area (Å²) in [5, 5.41) is 7.92. The predicted molar refractivity (Wildman–Crippen MR) is 62.8 cm³/mol. The quantitative estimate of drug-likeness (QED) is 0.765. The lowest BCUT2D eigenvalue weighted by Crippen LogP contribution is -2.27. The summed E-state index contributed by atoms with van der Waals surface area (Å²) in [5.41, 5.74) is 6.67. The summed E-state index contributed by atoms with van der Waals surface area (Å²) in [5.74, 6) is 0.878. The van der Waals surface area contributed by atoms with Gasteiger partial charge in [-0.05, 0) is 6.42 Å². The van der Waals surface area contributed by atoms with E-state index in [1.165, 1.54) is 0 Å². The summed E-state index contributed by atoms with van der Waals surface area (Å²) < 4.78 is 1.87. The Balaban J connectivity index is 0.000000963. The van der Waals surface area contributed by atoms with E-state index >= 15 is 0 Å². The fraction of sp³-hybridized carbons (Fsp3) is 0.444. The van der Waals surface area contributed by atoms with E-state index in [2.05, 4.69) is 20.1 Å². The lowest BCUT2D eigenvalue weighted by molar-refractivity contribution is 0.751. The SMILES string of the molecule is Cl.NC1CCN(c2nccn3cnnc23)C1. The van der Waals surface area contributed by atoms with Gasteiger partial charge < -0.3 is 10.6 Å². The second-order valence-corrected chi connectivity index (χ2v) is 3.81. The van der Waals surface area contributed by atoms with Crippen molar-refractivity contribution in [2.45, 2.75) is 12.5 Å². The summed E-state index contributed by atoms with van der Waals surface area (Å²) in [6.07, 6.45) is 6.29. The number of hydrogen-bond donors (Lipinski definition) is 1. The highest BCUT2D eigenvalue weighted by molar-refractivity contribution is 5.85. The van der Waals surface area contributed by atoms with E-state index in [1.807, 2.05) is 10.6 Å². The molecule has 1 atom stereocenters. The van der Waals surface area contributed by atoms with Gasteiger partial charge >= 0.3 is 0 Å². The Morgan fingerprint density at radius 2 is 2.31 bits per heavy atom. The standard InChI is InChI=1S/C9H12N6.ClH/c10-7-1-3-14(5-7)8-9-13-12-6-15(9)4-2-11-8;/h2,4,6-7H,1,3,5,10H2;1H. The summed E-state index contributed by atoms with van der Waals surface area (Å²) in [7, 11) is 0. The predicted octanol–water partition coefficient (Wildman–Crippen LogP) is 0.0835. The Morgan fingerprint density at radius 1 is 1.44 bits per heavy atom. The molecule has 0 amide bonds. The van der Waals surface area contributed by atoms with Crippen LogP contribution >= 0.6 is 12.4 Å². The summed E-state index contributed by atoms with van der Waals surface area (Å²) >= 11 is 0. The van der Waals surface area contributed by atoms with Crippen molar-refractivity contribution in [3.63, 3.8) is 0 Å². The van der Waals surface area contributed by atoms with Gasteiger partial charge in [-0.2, -0.15) is 0 Å². The number of hydrogen-bond acceptors (Lipinski definition) is 5. The molecule has 16 heavy (non-hydrogen) atoms. The van der Waals surface area contributed by atoms with Crippen LogP contribution in [0.25, 0.3) is 5.65 Å². The Kier molecular flexibility index (Phi) is 2.93. The molecule has 2 N–H and O–H groups in total. The van der Waals surface area contributed by atoms with Crippen LogP contribution in [0.1, 0.15) is 6.42 Å². The molecule has 3 heterocycles. The zero-order valence-electron chi connectivity index (χ0n) is 8.65. The van der Waals surface area contributed by atoms with Crippen LogP contribution < -0.4 is 10.6 Å². The van der Waals surface area contributed by atoms with Crippen LogP contribution in [0.3, 0.4) is 0 Å². The molecular formula is C9H13ClN6. The van der Waals surface area contributed by atoms with Gasteiger partial charge in [-0.15, -0.1) is 22.6 Å². The minimum atomic E-state index is 0. The normalized spacial score (nSPS) is 20.1. The van der Waals surface area contributed by atoms with Crippen molar-refractivity contribution in [1.29, 1.82) is 0 Å². The topological polar surface area (TPSA) is 72.3 Å². The molecule has 1 fully saturated rings. The number of nitrogens with two attached hydrogens (primary N) is 1. The Hall–Kier alpha value is -1.40. The average Bonchev–Trinajstić information content (AvgIpc) is 2.84. The van der Waals surface area contributed by atoms with E-state index in [1.54, 1.807) is 12.5 Å². The molecule has 1 unspecified atom stereocenters. The Bertz CT molecular complexity index is 484. The molecule has 1 aliphatic rings. The maximum Gasteiger partial charge on any atom is 0.203 e. The molecule has 0 aliphatic carbocycles. The highest BCUT2D eigenvalue weighted by Gasteiger charge is 2.22. The molecular weight excluding hydrogens is 228 g/mol.